The van der Waals surface area contributed by atoms with Crippen molar-refractivity contribution < 1.29 is 14.3 Å². The highest BCUT2D eigenvalue weighted by molar-refractivity contribution is 5.76. The van der Waals surface area contributed by atoms with Gasteiger partial charge in [-0.2, -0.15) is 0 Å². The van der Waals surface area contributed by atoms with Gasteiger partial charge >= 0.3 is 0 Å². The van der Waals surface area contributed by atoms with Gasteiger partial charge in [0.05, 0.1) is 6.26 Å². The second-order valence-corrected chi connectivity index (χ2v) is 5.84. The summed E-state index contributed by atoms with van der Waals surface area (Å²) in [6.45, 7) is 4.15. The molecular weight excluding hydrogens is 268 g/mol. The Morgan fingerprint density at radius 3 is 2.71 bits per heavy atom. The molecule has 0 spiro atoms. The summed E-state index contributed by atoms with van der Waals surface area (Å²) < 4.78 is 5.15. The van der Waals surface area contributed by atoms with Crippen LogP contribution < -0.4 is 5.32 Å². The average Bonchev–Trinajstić information content (AvgIpc) is 2.87. The Morgan fingerprint density at radius 1 is 1.38 bits per heavy atom. The van der Waals surface area contributed by atoms with E-state index in [1.54, 1.807) is 18.4 Å². The standard InChI is InChI=1S/C16H26N2O3/c1-13(17-12-14(19)15-7-6-10-21-15)11-16(20)18-8-4-2-3-5-9-18/h6-7,10,13-14,17,19H,2-5,8-9,11-12H2,1H3. The van der Waals surface area contributed by atoms with Crippen LogP contribution >= 0.6 is 0 Å². The van der Waals surface area contributed by atoms with Gasteiger partial charge in [-0.3, -0.25) is 4.79 Å². The van der Waals surface area contributed by atoms with Crippen LogP contribution in [0.2, 0.25) is 0 Å². The third kappa shape index (κ3) is 5.17. The average molecular weight is 294 g/mol. The fourth-order valence-electron chi connectivity index (χ4n) is 2.68. The molecule has 1 saturated heterocycles. The number of aliphatic hydroxyl groups excluding tert-OH is 1. The van der Waals surface area contributed by atoms with Gasteiger partial charge in [-0.25, -0.2) is 0 Å². The van der Waals surface area contributed by atoms with Crippen LogP contribution in [0.5, 0.6) is 0 Å². The van der Waals surface area contributed by atoms with Crippen LogP contribution in [-0.2, 0) is 4.79 Å². The zero-order valence-corrected chi connectivity index (χ0v) is 12.8. The Labute approximate surface area is 126 Å². The molecule has 1 aromatic rings. The van der Waals surface area contributed by atoms with Crippen molar-refractivity contribution in [3.8, 4) is 0 Å². The lowest BCUT2D eigenvalue weighted by molar-refractivity contribution is -0.131. The predicted molar refractivity (Wildman–Crippen MR) is 80.8 cm³/mol. The van der Waals surface area contributed by atoms with E-state index in [1.165, 1.54) is 12.8 Å². The molecule has 2 atom stereocenters. The van der Waals surface area contributed by atoms with Crippen LogP contribution in [0.1, 0.15) is 50.9 Å². The van der Waals surface area contributed by atoms with E-state index in [9.17, 15) is 9.90 Å². The molecule has 2 rings (SSSR count). The lowest BCUT2D eigenvalue weighted by Crippen LogP contribution is -2.38. The van der Waals surface area contributed by atoms with Gasteiger partial charge in [-0.05, 0) is 31.9 Å². The van der Waals surface area contributed by atoms with E-state index in [1.807, 2.05) is 11.8 Å². The van der Waals surface area contributed by atoms with Gasteiger partial charge in [0.2, 0.25) is 5.91 Å². The fourth-order valence-corrected chi connectivity index (χ4v) is 2.68. The maximum absolute atomic E-state index is 12.2. The molecule has 1 aliphatic rings. The van der Waals surface area contributed by atoms with Gasteiger partial charge in [-0.1, -0.05) is 12.8 Å². The molecule has 1 aromatic heterocycles. The first-order chi connectivity index (χ1) is 10.2. The van der Waals surface area contributed by atoms with Crippen molar-refractivity contribution >= 4 is 5.91 Å². The van der Waals surface area contributed by atoms with Crippen molar-refractivity contribution in [2.45, 2.75) is 51.2 Å². The normalized spacial score (nSPS) is 19.0. The number of amides is 1. The summed E-state index contributed by atoms with van der Waals surface area (Å²) in [5.41, 5.74) is 0. The third-order valence-electron chi connectivity index (χ3n) is 3.97. The van der Waals surface area contributed by atoms with Crippen LogP contribution in [0.25, 0.3) is 0 Å². The van der Waals surface area contributed by atoms with Crippen molar-refractivity contribution in [1.82, 2.24) is 10.2 Å². The van der Waals surface area contributed by atoms with Gasteiger partial charge in [0.1, 0.15) is 11.9 Å². The van der Waals surface area contributed by atoms with Crippen LogP contribution in [0.15, 0.2) is 22.8 Å². The lowest BCUT2D eigenvalue weighted by Gasteiger charge is -2.23. The van der Waals surface area contributed by atoms with Gasteiger partial charge < -0.3 is 19.7 Å². The molecule has 0 aliphatic carbocycles. The number of hydrogen-bond acceptors (Lipinski definition) is 4. The minimum absolute atomic E-state index is 0.0466. The molecule has 1 aliphatic heterocycles. The lowest BCUT2D eigenvalue weighted by atomic mass is 10.2. The molecule has 21 heavy (non-hydrogen) atoms. The van der Waals surface area contributed by atoms with Crippen LogP contribution in [0, 0.1) is 0 Å². The Kier molecular flexibility index (Phi) is 6.26. The molecule has 5 nitrogen and oxygen atoms in total. The summed E-state index contributed by atoms with van der Waals surface area (Å²) in [7, 11) is 0. The maximum Gasteiger partial charge on any atom is 0.224 e. The first-order valence-electron chi connectivity index (χ1n) is 7.89. The summed E-state index contributed by atoms with van der Waals surface area (Å²) in [4.78, 5) is 14.2. The number of aliphatic hydroxyl groups is 1. The van der Waals surface area contributed by atoms with Crippen molar-refractivity contribution in [3.05, 3.63) is 24.2 Å². The van der Waals surface area contributed by atoms with Crippen molar-refractivity contribution in [1.29, 1.82) is 0 Å². The molecule has 0 bridgehead atoms. The Balaban J connectivity index is 1.70. The molecule has 0 radical (unpaired) electrons. The highest BCUT2D eigenvalue weighted by Crippen LogP contribution is 2.13. The van der Waals surface area contributed by atoms with E-state index >= 15 is 0 Å². The number of carbonyl (C=O) groups is 1. The van der Waals surface area contributed by atoms with E-state index in [4.69, 9.17) is 4.42 Å². The zero-order valence-electron chi connectivity index (χ0n) is 12.8. The summed E-state index contributed by atoms with van der Waals surface area (Å²) in [6.07, 6.45) is 6.04. The first kappa shape index (κ1) is 16.0. The number of furan rings is 1. The number of hydrogen-bond donors (Lipinski definition) is 2. The Morgan fingerprint density at radius 2 is 2.10 bits per heavy atom. The van der Waals surface area contributed by atoms with E-state index in [-0.39, 0.29) is 11.9 Å². The van der Waals surface area contributed by atoms with Gasteiger partial charge in [-0.15, -0.1) is 0 Å². The minimum atomic E-state index is -0.671. The number of likely N-dealkylation sites (tertiary alicyclic amines) is 1. The second kappa shape index (κ2) is 8.20. The molecule has 118 valence electrons. The Bertz CT molecular complexity index is 411. The monoisotopic (exact) mass is 294 g/mol. The van der Waals surface area contributed by atoms with Gasteiger partial charge in [0.15, 0.2) is 0 Å². The summed E-state index contributed by atoms with van der Waals surface area (Å²) in [5.74, 6) is 0.762. The summed E-state index contributed by atoms with van der Waals surface area (Å²) in [6, 6.07) is 3.55. The van der Waals surface area contributed by atoms with Crippen LogP contribution in [0.3, 0.4) is 0 Å². The van der Waals surface area contributed by atoms with E-state index in [2.05, 4.69) is 5.32 Å². The largest absolute Gasteiger partial charge is 0.467 e. The van der Waals surface area contributed by atoms with Crippen molar-refractivity contribution in [2.24, 2.45) is 0 Å². The fraction of sp³-hybridized carbons (Fsp3) is 0.688. The molecular formula is C16H26N2O3. The molecule has 2 N–H and O–H groups in total. The minimum Gasteiger partial charge on any atom is -0.467 e. The second-order valence-electron chi connectivity index (χ2n) is 5.84. The SMILES string of the molecule is CC(CC(=O)N1CCCCCC1)NCC(O)c1ccco1. The molecule has 0 aromatic carbocycles. The number of carbonyl (C=O) groups excluding carboxylic acids is 1. The maximum atomic E-state index is 12.2. The molecule has 0 saturated carbocycles. The molecule has 1 fully saturated rings. The first-order valence-corrected chi connectivity index (χ1v) is 7.89. The summed E-state index contributed by atoms with van der Waals surface area (Å²) >= 11 is 0. The van der Waals surface area contributed by atoms with Crippen LogP contribution in [-0.4, -0.2) is 41.6 Å². The van der Waals surface area contributed by atoms with Crippen LogP contribution in [0.4, 0.5) is 0 Å². The van der Waals surface area contributed by atoms with Crippen molar-refractivity contribution in [2.75, 3.05) is 19.6 Å². The third-order valence-corrected chi connectivity index (χ3v) is 3.97. The quantitative estimate of drug-likeness (QED) is 0.843. The van der Waals surface area contributed by atoms with E-state index in [0.29, 0.717) is 18.7 Å². The Hall–Kier alpha value is -1.33. The molecule has 2 unspecified atom stereocenters. The highest BCUT2D eigenvalue weighted by atomic mass is 16.4. The van der Waals surface area contributed by atoms with Gasteiger partial charge in [0.25, 0.3) is 0 Å². The number of nitrogens with zero attached hydrogens (tertiary/aromatic N) is 1. The topological polar surface area (TPSA) is 65.7 Å². The van der Waals surface area contributed by atoms with Gasteiger partial charge in [0, 0.05) is 32.1 Å². The van der Waals surface area contributed by atoms with E-state index in [0.717, 1.165) is 25.9 Å². The molecule has 2 heterocycles. The summed E-state index contributed by atoms with van der Waals surface area (Å²) in [5, 5.41) is 13.1. The smallest absolute Gasteiger partial charge is 0.224 e. The predicted octanol–water partition coefficient (Wildman–Crippen LogP) is 2.08. The molecule has 1 amide bonds. The molecule has 5 heteroatoms. The van der Waals surface area contributed by atoms with E-state index < -0.39 is 6.10 Å². The number of rotatable bonds is 6. The zero-order chi connectivity index (χ0) is 15.1. The highest BCUT2D eigenvalue weighted by Gasteiger charge is 2.19. The number of nitrogens with one attached hydrogen (secondary N) is 1. The van der Waals surface area contributed by atoms with Crippen molar-refractivity contribution in [3.63, 3.8) is 0 Å².